The van der Waals surface area contributed by atoms with Gasteiger partial charge in [-0.05, 0) is 36.6 Å². The Balaban J connectivity index is 1.72. The maximum Gasteiger partial charge on any atom is 0.233 e. The molecule has 1 fully saturated rings. The van der Waals surface area contributed by atoms with Crippen LogP contribution in [0.2, 0.25) is 0 Å². The maximum atomic E-state index is 11.7. The van der Waals surface area contributed by atoms with Gasteiger partial charge in [-0.2, -0.15) is 0 Å². The van der Waals surface area contributed by atoms with Gasteiger partial charge in [-0.1, -0.05) is 19.4 Å². The fourth-order valence-corrected chi connectivity index (χ4v) is 2.82. The molecule has 1 saturated carbocycles. The summed E-state index contributed by atoms with van der Waals surface area (Å²) in [6.45, 7) is 3.46. The minimum atomic E-state index is 0.125. The summed E-state index contributed by atoms with van der Waals surface area (Å²) in [5.41, 5.74) is 0. The molecule has 1 aliphatic rings. The molecule has 0 aliphatic heterocycles. The lowest BCUT2D eigenvalue weighted by Gasteiger charge is -2.16. The molecule has 3 nitrogen and oxygen atoms in total. The van der Waals surface area contributed by atoms with Crippen molar-refractivity contribution in [3.8, 4) is 0 Å². The topological polar surface area (TPSA) is 41.1 Å². The summed E-state index contributed by atoms with van der Waals surface area (Å²) in [5, 5.41) is 8.44. The van der Waals surface area contributed by atoms with Crippen molar-refractivity contribution < 1.29 is 4.79 Å². The van der Waals surface area contributed by atoms with Crippen LogP contribution in [-0.4, -0.2) is 19.0 Å². The van der Waals surface area contributed by atoms with Gasteiger partial charge >= 0.3 is 0 Å². The number of hydrogen-bond donors (Lipinski definition) is 2. The van der Waals surface area contributed by atoms with Crippen molar-refractivity contribution in [1.29, 1.82) is 0 Å². The average molecular weight is 266 g/mol. The molecule has 1 atom stereocenters. The number of nitrogens with one attached hydrogen (secondary N) is 2. The van der Waals surface area contributed by atoms with Gasteiger partial charge in [0, 0.05) is 17.5 Å². The second kappa shape index (κ2) is 6.90. The van der Waals surface area contributed by atoms with Crippen molar-refractivity contribution in [2.75, 3.05) is 13.1 Å². The Morgan fingerprint density at radius 1 is 1.56 bits per heavy atom. The third-order valence-corrected chi connectivity index (χ3v) is 4.24. The highest BCUT2D eigenvalue weighted by Gasteiger charge is 2.21. The Morgan fingerprint density at radius 2 is 2.39 bits per heavy atom. The molecule has 2 rings (SSSR count). The molecular formula is C14H22N2OS. The van der Waals surface area contributed by atoms with Gasteiger partial charge in [0.15, 0.2) is 0 Å². The average Bonchev–Trinajstić information content (AvgIpc) is 3.05. The molecule has 4 heteroatoms. The normalized spacial score (nSPS) is 16.5. The monoisotopic (exact) mass is 266 g/mol. The van der Waals surface area contributed by atoms with Gasteiger partial charge in [0.1, 0.15) is 0 Å². The first-order chi connectivity index (χ1) is 8.79. The molecule has 2 N–H and O–H groups in total. The fraction of sp³-hybridized carbons (Fsp3) is 0.643. The Bertz CT molecular complexity index is 360. The SMILES string of the molecule is CCCC(NCC(=O)NCC1CC1)c1cccs1. The summed E-state index contributed by atoms with van der Waals surface area (Å²) < 4.78 is 0. The molecule has 0 radical (unpaired) electrons. The van der Waals surface area contributed by atoms with Crippen LogP contribution >= 0.6 is 11.3 Å². The van der Waals surface area contributed by atoms with E-state index in [-0.39, 0.29) is 5.91 Å². The Morgan fingerprint density at radius 3 is 3.00 bits per heavy atom. The molecule has 0 bridgehead atoms. The Hall–Kier alpha value is -0.870. The van der Waals surface area contributed by atoms with Crippen molar-refractivity contribution in [3.05, 3.63) is 22.4 Å². The van der Waals surface area contributed by atoms with Crippen LogP contribution in [0.5, 0.6) is 0 Å². The lowest BCUT2D eigenvalue weighted by molar-refractivity contribution is -0.120. The molecule has 1 aromatic rings. The summed E-state index contributed by atoms with van der Waals surface area (Å²) >= 11 is 1.76. The molecule has 1 unspecified atom stereocenters. The standard InChI is InChI=1S/C14H22N2OS/c1-2-4-12(13-5-3-8-18-13)15-10-14(17)16-9-11-6-7-11/h3,5,8,11-12,15H,2,4,6-7,9-10H2,1H3,(H,16,17). The number of carbonyl (C=O) groups excluding carboxylic acids is 1. The van der Waals surface area contributed by atoms with Crippen molar-refractivity contribution >= 4 is 17.2 Å². The number of rotatable bonds is 8. The van der Waals surface area contributed by atoms with Gasteiger partial charge in [-0.3, -0.25) is 4.79 Å². The summed E-state index contributed by atoms with van der Waals surface area (Å²) in [5.74, 6) is 0.872. The highest BCUT2D eigenvalue weighted by atomic mass is 32.1. The van der Waals surface area contributed by atoms with Crippen LogP contribution < -0.4 is 10.6 Å². The highest BCUT2D eigenvalue weighted by molar-refractivity contribution is 7.10. The molecule has 1 aliphatic carbocycles. The zero-order valence-electron chi connectivity index (χ0n) is 10.9. The first kappa shape index (κ1) is 13.6. The van der Waals surface area contributed by atoms with Gasteiger partial charge < -0.3 is 10.6 Å². The molecule has 100 valence electrons. The number of carbonyl (C=O) groups is 1. The molecule has 1 aromatic heterocycles. The molecule has 18 heavy (non-hydrogen) atoms. The first-order valence-electron chi connectivity index (χ1n) is 6.83. The molecule has 1 heterocycles. The van der Waals surface area contributed by atoms with Gasteiger partial charge in [0.2, 0.25) is 5.91 Å². The molecule has 0 spiro atoms. The van der Waals surface area contributed by atoms with Crippen LogP contribution in [0, 0.1) is 5.92 Å². The van der Waals surface area contributed by atoms with Crippen LogP contribution in [0.15, 0.2) is 17.5 Å². The van der Waals surface area contributed by atoms with Crippen LogP contribution in [-0.2, 0) is 4.79 Å². The summed E-state index contributed by atoms with van der Waals surface area (Å²) in [6.07, 6.45) is 4.76. The van der Waals surface area contributed by atoms with E-state index in [2.05, 4.69) is 35.1 Å². The molecular weight excluding hydrogens is 244 g/mol. The summed E-state index contributed by atoms with van der Waals surface area (Å²) in [6, 6.07) is 4.53. The fourth-order valence-electron chi connectivity index (χ4n) is 1.98. The van der Waals surface area contributed by atoms with E-state index in [4.69, 9.17) is 0 Å². The van der Waals surface area contributed by atoms with E-state index in [0.717, 1.165) is 25.3 Å². The smallest absolute Gasteiger partial charge is 0.233 e. The second-order valence-electron chi connectivity index (χ2n) is 4.99. The van der Waals surface area contributed by atoms with Crippen molar-refractivity contribution in [2.24, 2.45) is 5.92 Å². The third kappa shape index (κ3) is 4.42. The molecule has 1 amide bonds. The van der Waals surface area contributed by atoms with E-state index in [1.54, 1.807) is 11.3 Å². The minimum absolute atomic E-state index is 0.125. The highest BCUT2D eigenvalue weighted by Crippen LogP contribution is 2.27. The van der Waals surface area contributed by atoms with Gasteiger partial charge in [0.25, 0.3) is 0 Å². The van der Waals surface area contributed by atoms with Crippen molar-refractivity contribution in [3.63, 3.8) is 0 Å². The van der Waals surface area contributed by atoms with Gasteiger partial charge in [-0.15, -0.1) is 11.3 Å². The molecule has 0 aromatic carbocycles. The minimum Gasteiger partial charge on any atom is -0.355 e. The van der Waals surface area contributed by atoms with Crippen LogP contribution in [0.4, 0.5) is 0 Å². The zero-order valence-corrected chi connectivity index (χ0v) is 11.8. The lowest BCUT2D eigenvalue weighted by atomic mass is 10.1. The van der Waals surface area contributed by atoms with E-state index in [0.29, 0.717) is 12.6 Å². The van der Waals surface area contributed by atoms with E-state index in [1.165, 1.54) is 17.7 Å². The largest absolute Gasteiger partial charge is 0.355 e. The van der Waals surface area contributed by atoms with E-state index in [9.17, 15) is 4.79 Å². The van der Waals surface area contributed by atoms with E-state index < -0.39 is 0 Å². The van der Waals surface area contributed by atoms with Crippen molar-refractivity contribution in [2.45, 2.75) is 38.6 Å². The lowest BCUT2D eigenvalue weighted by Crippen LogP contribution is -2.36. The molecule has 0 saturated heterocycles. The maximum absolute atomic E-state index is 11.7. The number of amides is 1. The van der Waals surface area contributed by atoms with Crippen LogP contribution in [0.1, 0.15) is 43.5 Å². The second-order valence-corrected chi connectivity index (χ2v) is 5.96. The summed E-state index contributed by atoms with van der Waals surface area (Å²) in [4.78, 5) is 13.0. The third-order valence-electron chi connectivity index (χ3n) is 3.26. The Kier molecular flexibility index (Phi) is 5.20. The summed E-state index contributed by atoms with van der Waals surface area (Å²) in [7, 11) is 0. The van der Waals surface area contributed by atoms with Crippen molar-refractivity contribution in [1.82, 2.24) is 10.6 Å². The predicted molar refractivity (Wildman–Crippen MR) is 75.7 cm³/mol. The zero-order chi connectivity index (χ0) is 12.8. The van der Waals surface area contributed by atoms with Crippen LogP contribution in [0.25, 0.3) is 0 Å². The quantitative estimate of drug-likeness (QED) is 0.759. The van der Waals surface area contributed by atoms with E-state index in [1.807, 2.05) is 0 Å². The predicted octanol–water partition coefficient (Wildman–Crippen LogP) is 2.71. The van der Waals surface area contributed by atoms with Gasteiger partial charge in [-0.25, -0.2) is 0 Å². The first-order valence-corrected chi connectivity index (χ1v) is 7.71. The number of hydrogen-bond acceptors (Lipinski definition) is 3. The van der Waals surface area contributed by atoms with E-state index >= 15 is 0 Å². The van der Waals surface area contributed by atoms with Gasteiger partial charge in [0.05, 0.1) is 6.54 Å². The van der Waals surface area contributed by atoms with Crippen LogP contribution in [0.3, 0.4) is 0 Å². The number of thiophene rings is 1. The Labute approximate surface area is 113 Å².